The Kier molecular flexibility index (Phi) is 5.83. The van der Waals surface area contributed by atoms with Crippen molar-refractivity contribution in [1.29, 1.82) is 0 Å². The number of pyridine rings is 1. The van der Waals surface area contributed by atoms with Crippen LogP contribution >= 0.6 is 0 Å². The van der Waals surface area contributed by atoms with Crippen molar-refractivity contribution in [2.45, 2.75) is 43.7 Å². The van der Waals surface area contributed by atoms with Gasteiger partial charge in [-0.25, -0.2) is 13.1 Å². The van der Waals surface area contributed by atoms with Gasteiger partial charge in [0.1, 0.15) is 5.69 Å². The molecule has 0 bridgehead atoms. The molecule has 4 aromatic rings. The third-order valence-corrected chi connectivity index (χ3v) is 7.63. The van der Waals surface area contributed by atoms with E-state index in [1.807, 2.05) is 60.0 Å². The van der Waals surface area contributed by atoms with Gasteiger partial charge in [-0.05, 0) is 49.9 Å². The largest absolute Gasteiger partial charge is 0.380 e. The molecule has 1 aliphatic rings. The van der Waals surface area contributed by atoms with E-state index in [1.165, 1.54) is 24.5 Å². The number of aromatic nitrogens is 2. The van der Waals surface area contributed by atoms with Gasteiger partial charge >= 0.3 is 0 Å². The number of nitrogens with one attached hydrogen (secondary N) is 2. The molecule has 0 radical (unpaired) electrons. The van der Waals surface area contributed by atoms with Gasteiger partial charge in [-0.15, -0.1) is 0 Å². The molecular formula is C26H26N4O3S. The van der Waals surface area contributed by atoms with E-state index in [4.69, 9.17) is 0 Å². The molecular weight excluding hydrogens is 448 g/mol. The number of anilines is 1. The van der Waals surface area contributed by atoms with Gasteiger partial charge in [0.25, 0.3) is 15.9 Å². The molecule has 8 heteroatoms. The first-order valence-electron chi connectivity index (χ1n) is 11.3. The maximum absolute atomic E-state index is 13.6. The van der Waals surface area contributed by atoms with Crippen LogP contribution in [-0.2, 0) is 16.6 Å². The lowest BCUT2D eigenvalue weighted by Gasteiger charge is -2.28. The van der Waals surface area contributed by atoms with E-state index in [0.29, 0.717) is 17.9 Å². The Morgan fingerprint density at radius 1 is 1.03 bits per heavy atom. The molecule has 0 aliphatic heterocycles. The lowest BCUT2D eigenvalue weighted by molar-refractivity contribution is 0.0974. The second kappa shape index (κ2) is 8.95. The lowest BCUT2D eigenvalue weighted by atomic mass is 9.93. The summed E-state index contributed by atoms with van der Waals surface area (Å²) in [5, 5.41) is 4.42. The number of nitrogens with zero attached hydrogens (tertiary/aromatic N) is 2. The van der Waals surface area contributed by atoms with Crippen LogP contribution in [0.4, 0.5) is 5.69 Å². The van der Waals surface area contributed by atoms with Gasteiger partial charge in [-0.1, -0.05) is 48.0 Å². The average Bonchev–Trinajstić information content (AvgIpc) is 3.11. The minimum Gasteiger partial charge on any atom is -0.380 e. The summed E-state index contributed by atoms with van der Waals surface area (Å²) in [5.41, 5.74) is 4.03. The Balaban J connectivity index is 1.62. The minimum absolute atomic E-state index is 0.00875. The molecule has 2 heterocycles. The van der Waals surface area contributed by atoms with Crippen molar-refractivity contribution < 1.29 is 13.2 Å². The highest BCUT2D eigenvalue weighted by atomic mass is 32.2. The molecule has 7 nitrogen and oxygen atoms in total. The summed E-state index contributed by atoms with van der Waals surface area (Å²) in [4.78, 5) is 17.5. The normalized spacial score (nSPS) is 14.0. The summed E-state index contributed by atoms with van der Waals surface area (Å²) >= 11 is 0. The Morgan fingerprint density at radius 3 is 2.41 bits per heavy atom. The van der Waals surface area contributed by atoms with E-state index in [-0.39, 0.29) is 10.9 Å². The molecule has 1 aliphatic carbocycles. The summed E-state index contributed by atoms with van der Waals surface area (Å²) in [6.07, 6.45) is 5.95. The average molecular weight is 475 g/mol. The molecule has 5 rings (SSSR count). The van der Waals surface area contributed by atoms with Gasteiger partial charge in [0.15, 0.2) is 0 Å². The number of fused-ring (bicyclic) bond motifs is 1. The second-order valence-electron chi connectivity index (χ2n) is 8.70. The van der Waals surface area contributed by atoms with Gasteiger partial charge in [-0.2, -0.15) is 0 Å². The maximum atomic E-state index is 13.6. The molecule has 0 atom stereocenters. The van der Waals surface area contributed by atoms with Crippen LogP contribution in [0.15, 0.2) is 78.0 Å². The first kappa shape index (κ1) is 22.2. The van der Waals surface area contributed by atoms with E-state index in [0.717, 1.165) is 41.3 Å². The number of hydrogen-bond donors (Lipinski definition) is 2. The van der Waals surface area contributed by atoms with Gasteiger partial charge in [-0.3, -0.25) is 9.78 Å². The highest BCUT2D eigenvalue weighted by Crippen LogP contribution is 2.35. The van der Waals surface area contributed by atoms with E-state index >= 15 is 0 Å². The van der Waals surface area contributed by atoms with Crippen LogP contribution in [0.5, 0.6) is 0 Å². The van der Waals surface area contributed by atoms with Crippen LogP contribution in [0.3, 0.4) is 0 Å². The quantitative estimate of drug-likeness (QED) is 0.412. The molecule has 34 heavy (non-hydrogen) atoms. The number of hydrogen-bond acceptors (Lipinski definition) is 5. The molecule has 0 unspecified atom stereocenters. The smallest absolute Gasteiger partial charge is 0.283 e. The molecule has 2 N–H and O–H groups in total. The summed E-state index contributed by atoms with van der Waals surface area (Å²) in [6.45, 7) is 2.46. The Bertz CT molecular complexity index is 1440. The number of benzene rings is 2. The van der Waals surface area contributed by atoms with Crippen molar-refractivity contribution in [3.8, 4) is 0 Å². The van der Waals surface area contributed by atoms with Crippen molar-refractivity contribution in [2.24, 2.45) is 0 Å². The third-order valence-electron chi connectivity index (χ3n) is 6.29. The van der Waals surface area contributed by atoms with Crippen LogP contribution < -0.4 is 10.0 Å². The van der Waals surface area contributed by atoms with Gasteiger partial charge in [0, 0.05) is 30.4 Å². The van der Waals surface area contributed by atoms with Crippen LogP contribution in [0.25, 0.3) is 10.9 Å². The zero-order chi connectivity index (χ0) is 23.7. The van der Waals surface area contributed by atoms with E-state index in [1.54, 1.807) is 0 Å². The first-order chi connectivity index (χ1) is 16.4. The predicted molar refractivity (Wildman–Crippen MR) is 132 cm³/mol. The van der Waals surface area contributed by atoms with Crippen molar-refractivity contribution in [1.82, 2.24) is 14.3 Å². The van der Waals surface area contributed by atoms with E-state index < -0.39 is 15.9 Å². The molecule has 1 amide bonds. The number of rotatable bonds is 7. The second-order valence-corrected chi connectivity index (χ2v) is 10.4. The van der Waals surface area contributed by atoms with Crippen molar-refractivity contribution in [2.75, 3.05) is 5.32 Å². The highest BCUT2D eigenvalue weighted by molar-refractivity contribution is 7.90. The Labute approximate surface area is 198 Å². The van der Waals surface area contributed by atoms with Crippen LogP contribution in [0.2, 0.25) is 0 Å². The number of amides is 1. The topological polar surface area (TPSA) is 93.1 Å². The fraction of sp³-hybridized carbons (Fsp3) is 0.231. The molecule has 174 valence electrons. The fourth-order valence-electron chi connectivity index (χ4n) is 4.23. The van der Waals surface area contributed by atoms with Gasteiger partial charge < -0.3 is 9.88 Å². The fourth-order valence-corrected chi connectivity index (χ4v) is 5.17. The van der Waals surface area contributed by atoms with Crippen LogP contribution in [-0.4, -0.2) is 29.9 Å². The molecule has 1 saturated carbocycles. The predicted octanol–water partition coefficient (Wildman–Crippen LogP) is 4.48. The number of carbonyl (C=O) groups excluding carboxylic acids is 1. The Hall–Kier alpha value is -3.65. The van der Waals surface area contributed by atoms with Gasteiger partial charge in [0.05, 0.1) is 16.1 Å². The summed E-state index contributed by atoms with van der Waals surface area (Å²) in [7, 11) is -4.06. The molecule has 0 spiro atoms. The standard InChI is InChI=1S/C26H26N4O3S/c1-18-9-11-19(12-10-18)17-30-23-8-3-2-7-22(23)24(28-20-5-4-6-20)25(30)26(31)29-34(32,33)21-13-15-27-16-14-21/h2-3,7-16,20,28H,4-6,17H2,1H3,(H,29,31). The third kappa shape index (κ3) is 4.28. The maximum Gasteiger partial charge on any atom is 0.283 e. The van der Waals surface area contributed by atoms with Crippen molar-refractivity contribution in [3.05, 3.63) is 89.9 Å². The lowest BCUT2D eigenvalue weighted by Crippen LogP contribution is -2.34. The SMILES string of the molecule is Cc1ccc(Cn2c(C(=O)NS(=O)(=O)c3ccncc3)c(NC3CCC3)c3ccccc32)cc1. The number of aryl methyl sites for hydroxylation is 1. The Morgan fingerprint density at radius 2 is 1.74 bits per heavy atom. The van der Waals surface area contributed by atoms with E-state index in [2.05, 4.69) is 15.0 Å². The summed E-state index contributed by atoms with van der Waals surface area (Å²) < 4.78 is 30.1. The summed E-state index contributed by atoms with van der Waals surface area (Å²) in [6, 6.07) is 18.9. The number of para-hydroxylation sites is 1. The van der Waals surface area contributed by atoms with Crippen LogP contribution in [0.1, 0.15) is 40.9 Å². The first-order valence-corrected chi connectivity index (χ1v) is 12.8. The zero-order valence-electron chi connectivity index (χ0n) is 18.9. The number of carbonyl (C=O) groups is 1. The monoisotopic (exact) mass is 474 g/mol. The van der Waals surface area contributed by atoms with Crippen LogP contribution in [0, 0.1) is 6.92 Å². The molecule has 2 aromatic heterocycles. The van der Waals surface area contributed by atoms with Crippen molar-refractivity contribution >= 4 is 32.5 Å². The van der Waals surface area contributed by atoms with Gasteiger partial charge in [0.2, 0.25) is 0 Å². The minimum atomic E-state index is -4.06. The molecule has 1 fully saturated rings. The van der Waals surface area contributed by atoms with Crippen molar-refractivity contribution in [3.63, 3.8) is 0 Å². The molecule has 0 saturated heterocycles. The number of sulfonamides is 1. The zero-order valence-corrected chi connectivity index (χ0v) is 19.7. The molecule has 2 aromatic carbocycles. The summed E-state index contributed by atoms with van der Waals surface area (Å²) in [5.74, 6) is -0.665. The van der Waals surface area contributed by atoms with E-state index in [9.17, 15) is 13.2 Å². The highest BCUT2D eigenvalue weighted by Gasteiger charge is 2.29.